The van der Waals surface area contributed by atoms with Crippen LogP contribution in [0.25, 0.3) is 0 Å². The van der Waals surface area contributed by atoms with Crippen LogP contribution in [0.3, 0.4) is 0 Å². The lowest BCUT2D eigenvalue weighted by Crippen LogP contribution is -2.35. The van der Waals surface area contributed by atoms with Gasteiger partial charge in [-0.2, -0.15) is 0 Å². The molecule has 0 fully saturated rings. The monoisotopic (exact) mass is 490 g/mol. The second-order valence-electron chi connectivity index (χ2n) is 7.81. The Morgan fingerprint density at radius 1 is 0.906 bits per heavy atom. The van der Waals surface area contributed by atoms with Crippen LogP contribution < -0.4 is 9.03 Å². The van der Waals surface area contributed by atoms with Crippen molar-refractivity contribution in [3.8, 4) is 0 Å². The van der Waals surface area contributed by atoms with Gasteiger partial charge in [-0.05, 0) is 85.8 Å². The SMILES string of the molecule is Cc1cc(S(=O)(=O)Nc2ccc3c(c2)CCCN3S(=O)(=O)c2ccccc2)c(C)cc1Cl. The molecule has 0 aromatic heterocycles. The summed E-state index contributed by atoms with van der Waals surface area (Å²) in [7, 11) is -7.53. The molecule has 168 valence electrons. The zero-order valence-corrected chi connectivity index (χ0v) is 20.1. The van der Waals surface area contributed by atoms with Crippen LogP contribution in [0.5, 0.6) is 0 Å². The van der Waals surface area contributed by atoms with E-state index in [9.17, 15) is 16.8 Å². The number of anilines is 2. The first-order valence-corrected chi connectivity index (χ1v) is 13.4. The van der Waals surface area contributed by atoms with Crippen molar-refractivity contribution >= 4 is 43.0 Å². The highest BCUT2D eigenvalue weighted by molar-refractivity contribution is 7.93. The fourth-order valence-corrected chi connectivity index (χ4v) is 6.99. The van der Waals surface area contributed by atoms with E-state index in [1.165, 1.54) is 4.31 Å². The van der Waals surface area contributed by atoms with Crippen molar-refractivity contribution in [2.75, 3.05) is 15.6 Å². The quantitative estimate of drug-likeness (QED) is 0.551. The average molecular weight is 491 g/mol. The molecule has 4 rings (SSSR count). The summed E-state index contributed by atoms with van der Waals surface area (Å²) >= 11 is 6.10. The van der Waals surface area contributed by atoms with Crippen LogP contribution in [0.2, 0.25) is 5.02 Å². The standard InChI is InChI=1S/C23H23ClN2O4S2/c1-16-14-23(17(2)13-21(16)24)31(27,28)25-19-10-11-22-18(15-19)7-6-12-26(22)32(29,30)20-8-4-3-5-9-20/h3-5,8-11,13-15,25H,6-7,12H2,1-2H3. The molecule has 1 heterocycles. The highest BCUT2D eigenvalue weighted by Crippen LogP contribution is 2.34. The van der Waals surface area contributed by atoms with E-state index >= 15 is 0 Å². The second-order valence-corrected chi connectivity index (χ2v) is 11.7. The number of rotatable bonds is 5. The summed E-state index contributed by atoms with van der Waals surface area (Å²) in [5, 5.41) is 0.509. The molecular weight excluding hydrogens is 468 g/mol. The van der Waals surface area contributed by atoms with E-state index in [2.05, 4.69) is 4.72 Å². The lowest BCUT2D eigenvalue weighted by Gasteiger charge is -2.31. The zero-order chi connectivity index (χ0) is 23.1. The van der Waals surface area contributed by atoms with Gasteiger partial charge in [0.1, 0.15) is 0 Å². The number of nitrogens with zero attached hydrogens (tertiary/aromatic N) is 1. The van der Waals surface area contributed by atoms with Crippen molar-refractivity contribution in [3.63, 3.8) is 0 Å². The molecule has 0 spiro atoms. The first kappa shape index (κ1) is 22.6. The summed E-state index contributed by atoms with van der Waals surface area (Å²) in [5.41, 5.74) is 2.95. The molecule has 3 aromatic rings. The van der Waals surface area contributed by atoms with Gasteiger partial charge in [0, 0.05) is 17.3 Å². The molecule has 0 atom stereocenters. The lowest BCUT2D eigenvalue weighted by atomic mass is 10.0. The number of sulfonamides is 2. The van der Waals surface area contributed by atoms with Gasteiger partial charge in [-0.25, -0.2) is 16.8 Å². The summed E-state index contributed by atoms with van der Waals surface area (Å²) in [5.74, 6) is 0. The van der Waals surface area contributed by atoms with Gasteiger partial charge in [0.05, 0.1) is 15.5 Å². The predicted octanol–water partition coefficient (Wildman–Crippen LogP) is 4.90. The van der Waals surface area contributed by atoms with Crippen molar-refractivity contribution < 1.29 is 16.8 Å². The number of benzene rings is 3. The molecule has 0 unspecified atom stereocenters. The number of fused-ring (bicyclic) bond motifs is 1. The maximum atomic E-state index is 13.1. The van der Waals surface area contributed by atoms with E-state index in [1.807, 2.05) is 0 Å². The molecule has 0 amide bonds. The van der Waals surface area contributed by atoms with Crippen LogP contribution in [0.1, 0.15) is 23.1 Å². The Labute approximate surface area is 193 Å². The molecule has 0 saturated heterocycles. The van der Waals surface area contributed by atoms with Gasteiger partial charge in [0.25, 0.3) is 20.0 Å². The maximum absolute atomic E-state index is 13.1. The summed E-state index contributed by atoms with van der Waals surface area (Å²) in [4.78, 5) is 0.386. The minimum atomic E-state index is -3.84. The molecule has 32 heavy (non-hydrogen) atoms. The van der Waals surface area contributed by atoms with Crippen molar-refractivity contribution in [3.05, 3.63) is 82.4 Å². The molecule has 1 aliphatic rings. The number of hydrogen-bond acceptors (Lipinski definition) is 4. The highest BCUT2D eigenvalue weighted by Gasteiger charge is 2.29. The summed E-state index contributed by atoms with van der Waals surface area (Å²) in [6, 6.07) is 16.4. The average Bonchev–Trinajstić information content (AvgIpc) is 2.76. The first-order chi connectivity index (χ1) is 15.1. The Hall–Kier alpha value is -2.55. The largest absolute Gasteiger partial charge is 0.280 e. The topological polar surface area (TPSA) is 83.6 Å². The van der Waals surface area contributed by atoms with E-state index in [1.54, 1.807) is 74.5 Å². The molecule has 1 aliphatic heterocycles. The molecule has 0 bridgehead atoms. The molecule has 9 heteroatoms. The fraction of sp³-hybridized carbons (Fsp3) is 0.217. The smallest absolute Gasteiger partial charge is 0.264 e. The Bertz CT molecular complexity index is 1390. The molecule has 1 N–H and O–H groups in total. The normalized spacial score (nSPS) is 14.2. The van der Waals surface area contributed by atoms with E-state index in [0.29, 0.717) is 46.9 Å². The number of halogens is 1. The van der Waals surface area contributed by atoms with Crippen LogP contribution >= 0.6 is 11.6 Å². The van der Waals surface area contributed by atoms with Gasteiger partial charge in [-0.3, -0.25) is 9.03 Å². The minimum absolute atomic E-state index is 0.158. The molecule has 0 aliphatic carbocycles. The first-order valence-electron chi connectivity index (χ1n) is 10.1. The number of hydrogen-bond donors (Lipinski definition) is 1. The molecule has 0 saturated carbocycles. The Morgan fingerprint density at radius 2 is 1.62 bits per heavy atom. The Morgan fingerprint density at radius 3 is 2.34 bits per heavy atom. The third-order valence-electron chi connectivity index (χ3n) is 5.48. The van der Waals surface area contributed by atoms with Crippen molar-refractivity contribution in [1.82, 2.24) is 0 Å². The van der Waals surface area contributed by atoms with Crippen LogP contribution in [0, 0.1) is 13.8 Å². The van der Waals surface area contributed by atoms with E-state index in [-0.39, 0.29) is 9.79 Å². The van der Waals surface area contributed by atoms with E-state index < -0.39 is 20.0 Å². The number of nitrogens with one attached hydrogen (secondary N) is 1. The van der Waals surface area contributed by atoms with Gasteiger partial charge < -0.3 is 0 Å². The zero-order valence-electron chi connectivity index (χ0n) is 17.7. The Balaban J connectivity index is 1.67. The maximum Gasteiger partial charge on any atom is 0.264 e. The van der Waals surface area contributed by atoms with Gasteiger partial charge in [-0.1, -0.05) is 29.8 Å². The fourth-order valence-electron chi connectivity index (χ4n) is 3.85. The molecule has 3 aromatic carbocycles. The van der Waals surface area contributed by atoms with Crippen molar-refractivity contribution in [1.29, 1.82) is 0 Å². The summed E-state index contributed by atoms with van der Waals surface area (Å²) in [6.45, 7) is 3.82. The third-order valence-corrected chi connectivity index (χ3v) is 9.24. The molecular formula is C23H23ClN2O4S2. The van der Waals surface area contributed by atoms with Gasteiger partial charge in [-0.15, -0.1) is 0 Å². The van der Waals surface area contributed by atoms with Crippen molar-refractivity contribution in [2.24, 2.45) is 0 Å². The lowest BCUT2D eigenvalue weighted by molar-refractivity contribution is 0.586. The highest BCUT2D eigenvalue weighted by atomic mass is 35.5. The third kappa shape index (κ3) is 4.22. The number of aryl methyl sites for hydroxylation is 3. The van der Waals surface area contributed by atoms with Gasteiger partial charge in [0.2, 0.25) is 0 Å². The summed E-state index contributed by atoms with van der Waals surface area (Å²) < 4.78 is 56.3. The van der Waals surface area contributed by atoms with Gasteiger partial charge >= 0.3 is 0 Å². The summed E-state index contributed by atoms with van der Waals surface area (Å²) in [6.07, 6.45) is 1.30. The second kappa shape index (κ2) is 8.42. The molecule has 0 radical (unpaired) electrons. The van der Waals surface area contributed by atoms with Crippen molar-refractivity contribution in [2.45, 2.75) is 36.5 Å². The van der Waals surface area contributed by atoms with Crippen LogP contribution in [0.4, 0.5) is 11.4 Å². The van der Waals surface area contributed by atoms with E-state index in [0.717, 1.165) is 5.56 Å². The van der Waals surface area contributed by atoms with Crippen LogP contribution in [0.15, 0.2) is 70.5 Å². The van der Waals surface area contributed by atoms with Gasteiger partial charge in [0.15, 0.2) is 0 Å². The van der Waals surface area contributed by atoms with Crippen LogP contribution in [-0.4, -0.2) is 23.4 Å². The van der Waals surface area contributed by atoms with E-state index in [4.69, 9.17) is 11.6 Å². The predicted molar refractivity (Wildman–Crippen MR) is 127 cm³/mol. The molecule has 6 nitrogen and oxygen atoms in total. The Kier molecular flexibility index (Phi) is 5.96. The van der Waals surface area contributed by atoms with Crippen LogP contribution in [-0.2, 0) is 26.5 Å². The minimum Gasteiger partial charge on any atom is -0.280 e.